The fourth-order valence-corrected chi connectivity index (χ4v) is 2.12. The van der Waals surface area contributed by atoms with Crippen molar-refractivity contribution >= 4 is 23.3 Å². The highest BCUT2D eigenvalue weighted by atomic mass is 16.5. The number of benzene rings is 2. The SMILES string of the molecule is CCCC(=O)Nc1ccc(C(=O)COC(=O)c2cccc(O)c2)cc1. The lowest BCUT2D eigenvalue weighted by Gasteiger charge is -2.07. The average Bonchev–Trinajstić information content (AvgIpc) is 2.60. The molecule has 0 saturated heterocycles. The highest BCUT2D eigenvalue weighted by Crippen LogP contribution is 2.13. The first-order chi connectivity index (χ1) is 12.0. The van der Waals surface area contributed by atoms with E-state index in [0.29, 0.717) is 17.7 Å². The van der Waals surface area contributed by atoms with Crippen molar-refractivity contribution < 1.29 is 24.2 Å². The van der Waals surface area contributed by atoms with E-state index in [4.69, 9.17) is 4.74 Å². The molecule has 0 bridgehead atoms. The molecule has 2 rings (SSSR count). The first kappa shape index (κ1) is 18.2. The zero-order chi connectivity index (χ0) is 18.2. The summed E-state index contributed by atoms with van der Waals surface area (Å²) in [6.45, 7) is 1.51. The van der Waals surface area contributed by atoms with Gasteiger partial charge in [0.25, 0.3) is 0 Å². The minimum atomic E-state index is -0.687. The zero-order valence-electron chi connectivity index (χ0n) is 13.8. The molecule has 1 amide bonds. The molecule has 6 nitrogen and oxygen atoms in total. The topological polar surface area (TPSA) is 92.7 Å². The molecule has 6 heteroatoms. The Hall–Kier alpha value is -3.15. The standard InChI is InChI=1S/C19H19NO5/c1-2-4-18(23)20-15-9-7-13(8-10-15)17(22)12-25-19(24)14-5-3-6-16(21)11-14/h3,5-11,21H,2,4,12H2,1H3,(H,20,23). The van der Waals surface area contributed by atoms with E-state index in [-0.39, 0.29) is 23.0 Å². The molecule has 0 heterocycles. The van der Waals surface area contributed by atoms with E-state index in [2.05, 4.69) is 5.32 Å². The van der Waals surface area contributed by atoms with Crippen LogP contribution in [0.25, 0.3) is 0 Å². The summed E-state index contributed by atoms with van der Waals surface area (Å²) in [5.74, 6) is -1.18. The predicted octanol–water partition coefficient (Wildman–Crippen LogP) is 3.17. The van der Waals surface area contributed by atoms with Gasteiger partial charge < -0.3 is 15.2 Å². The molecular formula is C19H19NO5. The quantitative estimate of drug-likeness (QED) is 0.596. The summed E-state index contributed by atoms with van der Waals surface area (Å²) in [4.78, 5) is 35.4. The zero-order valence-corrected chi connectivity index (χ0v) is 13.8. The third kappa shape index (κ3) is 5.46. The van der Waals surface area contributed by atoms with Gasteiger partial charge in [-0.25, -0.2) is 4.79 Å². The first-order valence-electron chi connectivity index (χ1n) is 7.89. The highest BCUT2D eigenvalue weighted by molar-refractivity contribution is 6.00. The van der Waals surface area contributed by atoms with Crippen LogP contribution >= 0.6 is 0 Å². The van der Waals surface area contributed by atoms with Crippen molar-refractivity contribution in [2.75, 3.05) is 11.9 Å². The predicted molar refractivity (Wildman–Crippen MR) is 92.7 cm³/mol. The number of esters is 1. The number of ether oxygens (including phenoxy) is 1. The van der Waals surface area contributed by atoms with Crippen molar-refractivity contribution in [3.63, 3.8) is 0 Å². The molecular weight excluding hydrogens is 322 g/mol. The first-order valence-corrected chi connectivity index (χ1v) is 7.89. The van der Waals surface area contributed by atoms with Crippen LogP contribution in [0.4, 0.5) is 5.69 Å². The number of hydrogen-bond donors (Lipinski definition) is 2. The number of hydrogen-bond acceptors (Lipinski definition) is 5. The molecule has 2 N–H and O–H groups in total. The van der Waals surface area contributed by atoms with Gasteiger partial charge in [-0.05, 0) is 48.9 Å². The van der Waals surface area contributed by atoms with E-state index in [0.717, 1.165) is 6.42 Å². The number of phenols is 1. The van der Waals surface area contributed by atoms with E-state index in [1.54, 1.807) is 24.3 Å². The second kappa shape index (κ2) is 8.63. The summed E-state index contributed by atoms with van der Waals surface area (Å²) in [5, 5.41) is 12.1. The number of Topliss-reactive ketones (excluding diaryl/α,β-unsaturated/α-hetero) is 1. The summed E-state index contributed by atoms with van der Waals surface area (Å²) in [5.41, 5.74) is 1.14. The monoisotopic (exact) mass is 341 g/mol. The second-order valence-corrected chi connectivity index (χ2v) is 5.43. The Bertz CT molecular complexity index is 768. The average molecular weight is 341 g/mol. The maximum Gasteiger partial charge on any atom is 0.338 e. The molecule has 130 valence electrons. The van der Waals surface area contributed by atoms with Crippen LogP contribution in [0.15, 0.2) is 48.5 Å². The molecule has 2 aromatic rings. The van der Waals surface area contributed by atoms with Gasteiger partial charge >= 0.3 is 5.97 Å². The molecule has 0 saturated carbocycles. The number of carbonyl (C=O) groups is 3. The number of anilines is 1. The second-order valence-electron chi connectivity index (χ2n) is 5.43. The van der Waals surface area contributed by atoms with Crippen molar-refractivity contribution in [3.8, 4) is 5.75 Å². The van der Waals surface area contributed by atoms with Gasteiger partial charge in [0.1, 0.15) is 5.75 Å². The van der Waals surface area contributed by atoms with Crippen LogP contribution < -0.4 is 5.32 Å². The molecule has 0 aromatic heterocycles. The van der Waals surface area contributed by atoms with Gasteiger partial charge in [0.2, 0.25) is 5.91 Å². The molecule has 0 fully saturated rings. The lowest BCUT2D eigenvalue weighted by atomic mass is 10.1. The normalized spacial score (nSPS) is 10.1. The van der Waals surface area contributed by atoms with Gasteiger partial charge in [-0.1, -0.05) is 13.0 Å². The minimum Gasteiger partial charge on any atom is -0.508 e. The van der Waals surface area contributed by atoms with E-state index < -0.39 is 12.6 Å². The van der Waals surface area contributed by atoms with Gasteiger partial charge in [0.15, 0.2) is 12.4 Å². The Labute approximate surface area is 145 Å². The molecule has 0 aliphatic carbocycles. The summed E-state index contributed by atoms with van der Waals surface area (Å²) in [6.07, 6.45) is 1.19. The molecule has 0 spiro atoms. The number of ketones is 1. The van der Waals surface area contributed by atoms with Gasteiger partial charge in [0.05, 0.1) is 5.56 Å². The number of amides is 1. The Morgan fingerprint density at radius 1 is 1.04 bits per heavy atom. The van der Waals surface area contributed by atoms with Gasteiger partial charge in [0, 0.05) is 17.7 Å². The van der Waals surface area contributed by atoms with Crippen LogP contribution in [-0.4, -0.2) is 29.4 Å². The van der Waals surface area contributed by atoms with Crippen LogP contribution in [0.3, 0.4) is 0 Å². The van der Waals surface area contributed by atoms with E-state index in [1.807, 2.05) is 6.92 Å². The van der Waals surface area contributed by atoms with Crippen molar-refractivity contribution in [1.29, 1.82) is 0 Å². The van der Waals surface area contributed by atoms with Crippen molar-refractivity contribution in [1.82, 2.24) is 0 Å². The van der Waals surface area contributed by atoms with E-state index >= 15 is 0 Å². The largest absolute Gasteiger partial charge is 0.508 e. The Kier molecular flexibility index (Phi) is 6.28. The molecule has 0 aliphatic rings. The summed E-state index contributed by atoms with van der Waals surface area (Å²) in [6, 6.07) is 12.1. The lowest BCUT2D eigenvalue weighted by Crippen LogP contribution is -2.14. The molecule has 25 heavy (non-hydrogen) atoms. The lowest BCUT2D eigenvalue weighted by molar-refractivity contribution is -0.116. The number of nitrogens with one attached hydrogen (secondary N) is 1. The molecule has 0 aliphatic heterocycles. The smallest absolute Gasteiger partial charge is 0.338 e. The maximum atomic E-state index is 12.1. The van der Waals surface area contributed by atoms with Crippen LogP contribution in [0.5, 0.6) is 5.75 Å². The minimum absolute atomic E-state index is 0.0542. The van der Waals surface area contributed by atoms with Gasteiger partial charge in [-0.2, -0.15) is 0 Å². The summed E-state index contributed by atoms with van der Waals surface area (Å²) >= 11 is 0. The summed E-state index contributed by atoms with van der Waals surface area (Å²) in [7, 11) is 0. The number of carbonyl (C=O) groups excluding carboxylic acids is 3. The number of aromatic hydroxyl groups is 1. The van der Waals surface area contributed by atoms with Gasteiger partial charge in [-0.15, -0.1) is 0 Å². The molecule has 2 aromatic carbocycles. The van der Waals surface area contributed by atoms with Crippen LogP contribution in [-0.2, 0) is 9.53 Å². The van der Waals surface area contributed by atoms with Crippen LogP contribution in [0.2, 0.25) is 0 Å². The summed E-state index contributed by atoms with van der Waals surface area (Å²) < 4.78 is 4.96. The maximum absolute atomic E-state index is 12.1. The van der Waals surface area contributed by atoms with Crippen LogP contribution in [0, 0.1) is 0 Å². The number of phenolic OH excluding ortho intramolecular Hbond substituents is 1. The number of rotatable bonds is 7. The molecule has 0 atom stereocenters. The molecule has 0 radical (unpaired) electrons. The Balaban J connectivity index is 1.90. The fourth-order valence-electron chi connectivity index (χ4n) is 2.12. The van der Waals surface area contributed by atoms with E-state index in [9.17, 15) is 19.5 Å². The third-order valence-corrected chi connectivity index (χ3v) is 3.38. The van der Waals surface area contributed by atoms with Gasteiger partial charge in [-0.3, -0.25) is 9.59 Å². The highest BCUT2D eigenvalue weighted by Gasteiger charge is 2.12. The fraction of sp³-hybridized carbons (Fsp3) is 0.211. The molecule has 0 unspecified atom stereocenters. The Morgan fingerprint density at radius 3 is 2.40 bits per heavy atom. The third-order valence-electron chi connectivity index (χ3n) is 3.38. The Morgan fingerprint density at radius 2 is 1.76 bits per heavy atom. The van der Waals surface area contributed by atoms with Crippen molar-refractivity contribution in [3.05, 3.63) is 59.7 Å². The van der Waals surface area contributed by atoms with Crippen molar-refractivity contribution in [2.24, 2.45) is 0 Å². The van der Waals surface area contributed by atoms with Crippen LogP contribution in [0.1, 0.15) is 40.5 Å². The van der Waals surface area contributed by atoms with Crippen molar-refractivity contribution in [2.45, 2.75) is 19.8 Å². The van der Waals surface area contributed by atoms with E-state index in [1.165, 1.54) is 24.3 Å².